The van der Waals surface area contributed by atoms with Gasteiger partial charge in [0.1, 0.15) is 0 Å². The second kappa shape index (κ2) is 5.72. The topological polar surface area (TPSA) is 46.2 Å². The lowest BCUT2D eigenvalue weighted by atomic mass is 9.81. The molecule has 0 aliphatic rings. The van der Waals surface area contributed by atoms with Crippen LogP contribution in [0.5, 0.6) is 0 Å². The van der Waals surface area contributed by atoms with Crippen molar-refractivity contribution in [2.24, 2.45) is 11.3 Å². The molecule has 0 aliphatic carbocycles. The van der Waals surface area contributed by atoms with E-state index in [1.807, 2.05) is 0 Å². The van der Waals surface area contributed by atoms with Crippen molar-refractivity contribution in [3.8, 4) is 0 Å². The molecule has 0 saturated carbocycles. The van der Waals surface area contributed by atoms with E-state index in [4.69, 9.17) is 0 Å². The van der Waals surface area contributed by atoms with E-state index in [0.717, 1.165) is 0 Å². The van der Waals surface area contributed by atoms with Crippen molar-refractivity contribution in [3.05, 3.63) is 28.7 Å². The van der Waals surface area contributed by atoms with Gasteiger partial charge in [-0.2, -0.15) is 0 Å². The maximum absolute atomic E-state index is 12.2. The molecular formula is C13H20BrNO2S. The van der Waals surface area contributed by atoms with Gasteiger partial charge in [-0.15, -0.1) is 0 Å². The molecule has 0 unspecified atom stereocenters. The fourth-order valence-electron chi connectivity index (χ4n) is 1.23. The lowest BCUT2D eigenvalue weighted by Crippen LogP contribution is -2.37. The van der Waals surface area contributed by atoms with Crippen molar-refractivity contribution < 1.29 is 8.42 Å². The fraction of sp³-hybridized carbons (Fsp3) is 0.538. The molecule has 1 rings (SSSR count). The van der Waals surface area contributed by atoms with Gasteiger partial charge < -0.3 is 0 Å². The molecule has 0 spiro atoms. The van der Waals surface area contributed by atoms with Gasteiger partial charge in [-0.3, -0.25) is 0 Å². The lowest BCUT2D eigenvalue weighted by Gasteiger charge is -2.29. The average Bonchev–Trinajstić information content (AvgIpc) is 2.27. The SMILES string of the molecule is CC(C)C(C)(C)CNS(=O)(=O)c1ccccc1Br. The first-order valence-electron chi connectivity index (χ1n) is 5.91. The van der Waals surface area contributed by atoms with Crippen molar-refractivity contribution in [3.63, 3.8) is 0 Å². The summed E-state index contributed by atoms with van der Waals surface area (Å²) in [5.74, 6) is 0.402. The van der Waals surface area contributed by atoms with E-state index in [9.17, 15) is 8.42 Å². The Bertz CT molecular complexity index is 509. The summed E-state index contributed by atoms with van der Waals surface area (Å²) in [6.45, 7) is 8.72. The number of rotatable bonds is 5. The van der Waals surface area contributed by atoms with E-state index >= 15 is 0 Å². The summed E-state index contributed by atoms with van der Waals surface area (Å²) >= 11 is 3.26. The number of sulfonamides is 1. The van der Waals surface area contributed by atoms with Gasteiger partial charge in [-0.05, 0) is 39.4 Å². The van der Waals surface area contributed by atoms with Crippen molar-refractivity contribution >= 4 is 26.0 Å². The predicted octanol–water partition coefficient (Wildman–Crippen LogP) is 3.41. The summed E-state index contributed by atoms with van der Waals surface area (Å²) in [7, 11) is -3.45. The van der Waals surface area contributed by atoms with Crippen molar-refractivity contribution in [1.29, 1.82) is 0 Å². The Morgan fingerprint density at radius 1 is 1.28 bits per heavy atom. The quantitative estimate of drug-likeness (QED) is 0.897. The lowest BCUT2D eigenvalue weighted by molar-refractivity contribution is 0.252. The van der Waals surface area contributed by atoms with Crippen molar-refractivity contribution in [1.82, 2.24) is 4.72 Å². The fourth-order valence-corrected chi connectivity index (χ4v) is 3.45. The van der Waals surface area contributed by atoms with Gasteiger partial charge in [0.2, 0.25) is 10.0 Å². The zero-order valence-electron chi connectivity index (χ0n) is 11.2. The molecule has 0 bridgehead atoms. The van der Waals surface area contributed by atoms with Gasteiger partial charge in [0, 0.05) is 11.0 Å². The van der Waals surface area contributed by atoms with Gasteiger partial charge in [0.05, 0.1) is 4.90 Å². The first-order chi connectivity index (χ1) is 8.17. The van der Waals surface area contributed by atoms with Crippen LogP contribution in [0.15, 0.2) is 33.6 Å². The molecule has 1 N–H and O–H groups in total. The third-order valence-electron chi connectivity index (χ3n) is 3.41. The van der Waals surface area contributed by atoms with Gasteiger partial charge in [0.25, 0.3) is 0 Å². The molecule has 0 heterocycles. The molecule has 0 aromatic heterocycles. The van der Waals surface area contributed by atoms with Crippen LogP contribution in [0.4, 0.5) is 0 Å². The molecule has 5 heteroatoms. The smallest absolute Gasteiger partial charge is 0.211 e. The maximum Gasteiger partial charge on any atom is 0.241 e. The molecule has 1 aromatic carbocycles. The zero-order chi connectivity index (χ0) is 14.0. The van der Waals surface area contributed by atoms with Crippen molar-refractivity contribution in [2.75, 3.05) is 6.54 Å². The molecule has 0 fully saturated rings. The highest BCUT2D eigenvalue weighted by atomic mass is 79.9. The van der Waals surface area contributed by atoms with Gasteiger partial charge in [-0.1, -0.05) is 39.8 Å². The molecule has 0 aliphatic heterocycles. The van der Waals surface area contributed by atoms with Crippen molar-refractivity contribution in [2.45, 2.75) is 32.6 Å². The monoisotopic (exact) mass is 333 g/mol. The first kappa shape index (κ1) is 15.7. The number of nitrogens with one attached hydrogen (secondary N) is 1. The normalized spacial score (nSPS) is 13.0. The van der Waals surface area contributed by atoms with E-state index in [1.54, 1.807) is 24.3 Å². The van der Waals surface area contributed by atoms with E-state index in [0.29, 0.717) is 16.9 Å². The molecule has 1 aromatic rings. The third-order valence-corrected chi connectivity index (χ3v) is 5.82. The second-order valence-corrected chi connectivity index (χ2v) is 7.99. The van der Waals surface area contributed by atoms with E-state index < -0.39 is 10.0 Å². The standard InChI is InChI=1S/C13H20BrNO2S/c1-10(2)13(3,4)9-15-18(16,17)12-8-6-5-7-11(12)14/h5-8,10,15H,9H2,1-4H3. The van der Waals surface area contributed by atoms with E-state index in [2.05, 4.69) is 48.3 Å². The highest BCUT2D eigenvalue weighted by Crippen LogP contribution is 2.26. The van der Waals surface area contributed by atoms with Crippen LogP contribution in [0.1, 0.15) is 27.7 Å². The van der Waals surface area contributed by atoms with Crippen LogP contribution in [0.3, 0.4) is 0 Å². The summed E-state index contributed by atoms with van der Waals surface area (Å²) in [6, 6.07) is 6.82. The number of hydrogen-bond donors (Lipinski definition) is 1. The summed E-state index contributed by atoms with van der Waals surface area (Å²) < 4.78 is 27.6. The highest BCUT2D eigenvalue weighted by molar-refractivity contribution is 9.10. The Balaban J connectivity index is 2.88. The minimum absolute atomic E-state index is 0.0751. The molecule has 18 heavy (non-hydrogen) atoms. The Kier molecular flexibility index (Phi) is 4.98. The second-order valence-electron chi connectivity index (χ2n) is 5.40. The largest absolute Gasteiger partial charge is 0.241 e. The molecular weight excluding hydrogens is 314 g/mol. The molecule has 0 saturated heterocycles. The zero-order valence-corrected chi connectivity index (χ0v) is 13.6. The van der Waals surface area contributed by atoms with Crippen LogP contribution in [-0.2, 0) is 10.0 Å². The van der Waals surface area contributed by atoms with Crippen LogP contribution in [-0.4, -0.2) is 15.0 Å². The molecule has 0 amide bonds. The molecule has 0 atom stereocenters. The summed E-state index contributed by atoms with van der Waals surface area (Å²) in [4.78, 5) is 0.282. The van der Waals surface area contributed by atoms with Crippen LogP contribution in [0, 0.1) is 11.3 Å². The van der Waals surface area contributed by atoms with Crippen LogP contribution < -0.4 is 4.72 Å². The Labute approximate surface area is 118 Å². The third kappa shape index (κ3) is 3.80. The van der Waals surface area contributed by atoms with Crippen LogP contribution in [0.25, 0.3) is 0 Å². The number of benzene rings is 1. The maximum atomic E-state index is 12.2. The molecule has 102 valence electrons. The molecule has 0 radical (unpaired) electrons. The Hall–Kier alpha value is -0.390. The Morgan fingerprint density at radius 3 is 2.33 bits per heavy atom. The van der Waals surface area contributed by atoms with Gasteiger partial charge >= 0.3 is 0 Å². The number of hydrogen-bond acceptors (Lipinski definition) is 2. The highest BCUT2D eigenvalue weighted by Gasteiger charge is 2.26. The van der Waals surface area contributed by atoms with E-state index in [1.165, 1.54) is 0 Å². The minimum atomic E-state index is -3.45. The number of halogens is 1. The van der Waals surface area contributed by atoms with E-state index in [-0.39, 0.29) is 10.3 Å². The minimum Gasteiger partial charge on any atom is -0.211 e. The van der Waals surface area contributed by atoms with Crippen LogP contribution in [0.2, 0.25) is 0 Å². The first-order valence-corrected chi connectivity index (χ1v) is 8.18. The summed E-state index contributed by atoms with van der Waals surface area (Å²) in [5.41, 5.74) is -0.0751. The Morgan fingerprint density at radius 2 is 1.83 bits per heavy atom. The van der Waals surface area contributed by atoms with Gasteiger partial charge in [-0.25, -0.2) is 13.1 Å². The predicted molar refractivity (Wildman–Crippen MR) is 77.9 cm³/mol. The summed E-state index contributed by atoms with van der Waals surface area (Å²) in [6.07, 6.45) is 0. The summed E-state index contributed by atoms with van der Waals surface area (Å²) in [5, 5.41) is 0. The van der Waals surface area contributed by atoms with Crippen LogP contribution >= 0.6 is 15.9 Å². The van der Waals surface area contributed by atoms with Gasteiger partial charge in [0.15, 0.2) is 0 Å². The molecule has 3 nitrogen and oxygen atoms in total. The average molecular weight is 334 g/mol.